The summed E-state index contributed by atoms with van der Waals surface area (Å²) in [6, 6.07) is 0. The molecule has 4 atom stereocenters. The molecule has 27 heavy (non-hydrogen) atoms. The van der Waals surface area contributed by atoms with E-state index in [0.29, 0.717) is 23.7 Å². The van der Waals surface area contributed by atoms with E-state index in [9.17, 15) is 9.59 Å². The minimum Gasteiger partial charge on any atom is -0.456 e. The van der Waals surface area contributed by atoms with Crippen molar-refractivity contribution in [3.8, 4) is 0 Å². The summed E-state index contributed by atoms with van der Waals surface area (Å²) >= 11 is 0. The smallest absolute Gasteiger partial charge is 0.344 e. The van der Waals surface area contributed by atoms with Gasteiger partial charge in [0.15, 0.2) is 6.61 Å². The molecule has 0 aromatic heterocycles. The van der Waals surface area contributed by atoms with Crippen LogP contribution < -0.4 is 0 Å². The number of hydrogen-bond acceptors (Lipinski definition) is 4. The van der Waals surface area contributed by atoms with Crippen molar-refractivity contribution in [2.24, 2.45) is 47.3 Å². The predicted octanol–water partition coefficient (Wildman–Crippen LogP) is 4.14. The highest BCUT2D eigenvalue weighted by Crippen LogP contribution is 2.67. The van der Waals surface area contributed by atoms with Gasteiger partial charge in [0.2, 0.25) is 0 Å². The fourth-order valence-corrected chi connectivity index (χ4v) is 8.30. The van der Waals surface area contributed by atoms with Gasteiger partial charge in [0, 0.05) is 12.0 Å². The molecule has 148 valence electrons. The van der Waals surface area contributed by atoms with Crippen LogP contribution in [0.1, 0.15) is 58.3 Å². The van der Waals surface area contributed by atoms with Gasteiger partial charge in [-0.05, 0) is 92.8 Å². The first-order valence-corrected chi connectivity index (χ1v) is 11.0. The Morgan fingerprint density at radius 3 is 2.15 bits per heavy atom. The lowest BCUT2D eigenvalue weighted by Gasteiger charge is -2.63. The van der Waals surface area contributed by atoms with Crippen LogP contribution in [0, 0.1) is 47.3 Å². The van der Waals surface area contributed by atoms with Crippen molar-refractivity contribution in [1.29, 1.82) is 0 Å². The molecule has 0 aliphatic heterocycles. The number of rotatable bonds is 5. The second-order valence-corrected chi connectivity index (χ2v) is 10.3. The second kappa shape index (κ2) is 6.35. The number of fused-ring (bicyclic) bond motifs is 2. The quantitative estimate of drug-likeness (QED) is 0.538. The summed E-state index contributed by atoms with van der Waals surface area (Å²) < 4.78 is 11.4. The zero-order valence-electron chi connectivity index (χ0n) is 16.4. The minimum atomic E-state index is -0.556. The van der Waals surface area contributed by atoms with Crippen molar-refractivity contribution in [3.63, 3.8) is 0 Å². The predicted molar refractivity (Wildman–Crippen MR) is 101 cm³/mol. The lowest BCUT2D eigenvalue weighted by atomic mass is 9.46. The average molecular weight is 373 g/mol. The number of carbonyl (C=O) groups excluding carboxylic acids is 2. The fourth-order valence-electron chi connectivity index (χ4n) is 8.30. The molecule has 4 unspecified atom stereocenters. The van der Waals surface area contributed by atoms with E-state index in [0.717, 1.165) is 29.7 Å². The van der Waals surface area contributed by atoms with Crippen LogP contribution in [0.5, 0.6) is 0 Å². The third-order valence-electron chi connectivity index (χ3n) is 8.99. The first kappa shape index (κ1) is 17.8. The van der Waals surface area contributed by atoms with E-state index in [1.807, 2.05) is 0 Å². The van der Waals surface area contributed by atoms with E-state index in [2.05, 4.69) is 13.5 Å². The molecule has 6 fully saturated rings. The number of esters is 2. The van der Waals surface area contributed by atoms with E-state index in [1.54, 1.807) is 0 Å². The molecule has 6 saturated carbocycles. The summed E-state index contributed by atoms with van der Waals surface area (Å²) in [6.45, 7) is 5.51. The van der Waals surface area contributed by atoms with Crippen molar-refractivity contribution in [2.75, 3.05) is 6.61 Å². The fraction of sp³-hybridized carbons (Fsp3) is 0.826. The molecule has 0 spiro atoms. The molecule has 4 nitrogen and oxygen atoms in total. The van der Waals surface area contributed by atoms with E-state index in [-0.39, 0.29) is 18.2 Å². The Balaban J connectivity index is 1.41. The van der Waals surface area contributed by atoms with E-state index in [4.69, 9.17) is 9.47 Å². The van der Waals surface area contributed by atoms with Gasteiger partial charge in [0.05, 0.1) is 0 Å². The van der Waals surface area contributed by atoms with Gasteiger partial charge in [0.1, 0.15) is 5.60 Å². The summed E-state index contributed by atoms with van der Waals surface area (Å²) in [5.74, 6) is 4.69. The van der Waals surface area contributed by atoms with Crippen LogP contribution in [0.25, 0.3) is 0 Å². The Bertz CT molecular complexity index is 623. The Morgan fingerprint density at radius 1 is 0.963 bits per heavy atom. The van der Waals surface area contributed by atoms with Gasteiger partial charge < -0.3 is 9.47 Å². The zero-order valence-corrected chi connectivity index (χ0v) is 16.4. The highest BCUT2D eigenvalue weighted by molar-refractivity contribution is 5.83. The average Bonchev–Trinajstić information content (AvgIpc) is 3.22. The highest BCUT2D eigenvalue weighted by Gasteiger charge is 2.66. The molecule has 0 radical (unpaired) electrons. The molecule has 0 aromatic rings. The molecule has 0 heterocycles. The van der Waals surface area contributed by atoms with Gasteiger partial charge in [-0.3, -0.25) is 0 Å². The molecular formula is C23H32O4. The first-order chi connectivity index (χ1) is 13.0. The molecule has 0 N–H and O–H groups in total. The minimum absolute atomic E-state index is 0.282. The maximum Gasteiger partial charge on any atom is 0.344 e. The third kappa shape index (κ3) is 2.69. The van der Waals surface area contributed by atoms with Crippen molar-refractivity contribution in [1.82, 2.24) is 0 Å². The lowest BCUT2D eigenvalue weighted by Crippen LogP contribution is -2.64. The Labute approximate surface area is 162 Å². The van der Waals surface area contributed by atoms with Gasteiger partial charge in [-0.15, -0.1) is 0 Å². The highest BCUT2D eigenvalue weighted by atomic mass is 16.6. The first-order valence-electron chi connectivity index (χ1n) is 11.0. The third-order valence-corrected chi connectivity index (χ3v) is 8.99. The largest absolute Gasteiger partial charge is 0.456 e. The topological polar surface area (TPSA) is 52.6 Å². The van der Waals surface area contributed by atoms with E-state index in [1.165, 1.54) is 51.4 Å². The second-order valence-electron chi connectivity index (χ2n) is 10.3. The Morgan fingerprint density at radius 2 is 1.63 bits per heavy atom. The van der Waals surface area contributed by atoms with Gasteiger partial charge in [0.25, 0.3) is 0 Å². The van der Waals surface area contributed by atoms with Gasteiger partial charge >= 0.3 is 11.9 Å². The standard InChI is InChI=1S/C23H32O4/c1-3-21(24)26-12-22(25)27-23(20-11-16-10-17(20)4-13(16)2)18-6-14-5-15(8-18)9-19(23)7-14/h3,13-20H,1,4-12H2,2H3. The molecule has 4 heteroatoms. The molecular weight excluding hydrogens is 340 g/mol. The molecule has 0 aromatic carbocycles. The van der Waals surface area contributed by atoms with Gasteiger partial charge in [-0.25, -0.2) is 9.59 Å². The summed E-state index contributed by atoms with van der Waals surface area (Å²) in [7, 11) is 0. The van der Waals surface area contributed by atoms with Crippen molar-refractivity contribution >= 4 is 11.9 Å². The molecule has 6 aliphatic carbocycles. The van der Waals surface area contributed by atoms with Crippen molar-refractivity contribution in [3.05, 3.63) is 12.7 Å². The van der Waals surface area contributed by atoms with Crippen LogP contribution in [0.4, 0.5) is 0 Å². The molecule has 6 rings (SSSR count). The summed E-state index contributed by atoms with van der Waals surface area (Å²) in [5, 5.41) is 0. The number of carbonyl (C=O) groups is 2. The monoisotopic (exact) mass is 372 g/mol. The molecule has 0 saturated heterocycles. The van der Waals surface area contributed by atoms with Crippen LogP contribution in [-0.2, 0) is 19.1 Å². The van der Waals surface area contributed by atoms with Crippen molar-refractivity contribution < 1.29 is 19.1 Å². The summed E-state index contributed by atoms with van der Waals surface area (Å²) in [4.78, 5) is 24.1. The maximum atomic E-state index is 12.8. The van der Waals surface area contributed by atoms with Crippen LogP contribution in [-0.4, -0.2) is 24.1 Å². The number of ether oxygens (including phenoxy) is 2. The molecule has 6 aliphatic rings. The van der Waals surface area contributed by atoms with Crippen molar-refractivity contribution in [2.45, 2.75) is 63.9 Å². The zero-order chi connectivity index (χ0) is 18.8. The Hall–Kier alpha value is -1.32. The molecule has 6 bridgehead atoms. The van der Waals surface area contributed by atoms with Crippen LogP contribution in [0.3, 0.4) is 0 Å². The maximum absolute atomic E-state index is 12.8. The van der Waals surface area contributed by atoms with Gasteiger partial charge in [-0.1, -0.05) is 13.5 Å². The van der Waals surface area contributed by atoms with Crippen LogP contribution in [0.2, 0.25) is 0 Å². The number of hydrogen-bond donors (Lipinski definition) is 0. The van der Waals surface area contributed by atoms with Gasteiger partial charge in [-0.2, -0.15) is 0 Å². The van der Waals surface area contributed by atoms with E-state index >= 15 is 0 Å². The van der Waals surface area contributed by atoms with E-state index < -0.39 is 5.97 Å². The normalized spacial score (nSPS) is 49.2. The molecule has 0 amide bonds. The van der Waals surface area contributed by atoms with Crippen LogP contribution >= 0.6 is 0 Å². The lowest BCUT2D eigenvalue weighted by molar-refractivity contribution is -0.237. The summed E-state index contributed by atoms with van der Waals surface area (Å²) in [6.07, 6.45) is 11.3. The van der Waals surface area contributed by atoms with Crippen LogP contribution in [0.15, 0.2) is 12.7 Å². The Kier molecular flexibility index (Phi) is 4.18. The summed E-state index contributed by atoms with van der Waals surface area (Å²) in [5.41, 5.74) is -0.287. The SMILES string of the molecule is C=CC(=O)OCC(=O)OC1(C2CC3CC2CC3C)C2CC3CC(C2)CC1C3.